The van der Waals surface area contributed by atoms with Gasteiger partial charge in [0.25, 0.3) is 0 Å². The summed E-state index contributed by atoms with van der Waals surface area (Å²) < 4.78 is 7.08. The Hall–Kier alpha value is -1.79. The van der Waals surface area contributed by atoms with Gasteiger partial charge in [-0.2, -0.15) is 5.26 Å². The Balaban J connectivity index is 2.44. The van der Waals surface area contributed by atoms with Crippen molar-refractivity contribution in [2.45, 2.75) is 13.0 Å². The zero-order valence-electron chi connectivity index (χ0n) is 8.23. The number of aromatic nitrogens is 1. The highest BCUT2D eigenvalue weighted by molar-refractivity contribution is 5.86. The lowest BCUT2D eigenvalue weighted by Crippen LogP contribution is -2.11. The number of nitrogens with zero attached hydrogens (tertiary/aromatic N) is 2. The Morgan fingerprint density at radius 3 is 3.07 bits per heavy atom. The first-order valence-electron chi connectivity index (χ1n) is 5.01. The molecule has 15 heavy (non-hydrogen) atoms. The lowest BCUT2D eigenvalue weighted by molar-refractivity contribution is 0.107. The van der Waals surface area contributed by atoms with E-state index in [1.165, 1.54) is 10.9 Å². The van der Waals surface area contributed by atoms with Crippen molar-refractivity contribution in [2.75, 3.05) is 6.61 Å². The minimum atomic E-state index is 0.553. The number of hydrogen-bond donors (Lipinski definition) is 0. The van der Waals surface area contributed by atoms with E-state index in [9.17, 15) is 0 Å². The molecule has 0 N–H and O–H groups in total. The van der Waals surface area contributed by atoms with Crippen molar-refractivity contribution in [3.63, 3.8) is 0 Å². The second-order valence-electron chi connectivity index (χ2n) is 3.68. The van der Waals surface area contributed by atoms with Crippen LogP contribution in [0.15, 0.2) is 24.3 Å². The maximum Gasteiger partial charge on any atom is 0.189 e. The average molecular weight is 198 g/mol. The van der Waals surface area contributed by atoms with E-state index in [2.05, 4.69) is 12.3 Å². The van der Waals surface area contributed by atoms with Gasteiger partial charge < -0.3 is 4.74 Å². The van der Waals surface area contributed by atoms with E-state index in [0.717, 1.165) is 24.2 Å². The van der Waals surface area contributed by atoms with E-state index < -0.39 is 0 Å². The average Bonchev–Trinajstić information content (AvgIpc) is 2.63. The van der Waals surface area contributed by atoms with Gasteiger partial charge in [-0.1, -0.05) is 18.2 Å². The van der Waals surface area contributed by atoms with Crippen molar-refractivity contribution in [1.82, 2.24) is 4.57 Å². The van der Waals surface area contributed by atoms with Crippen molar-refractivity contribution < 1.29 is 4.74 Å². The van der Waals surface area contributed by atoms with Crippen LogP contribution >= 0.6 is 0 Å². The standard InChI is InChI=1S/C12H10N2O/c13-8-14-11-4-2-1-3-9(11)10-5-6-15-7-12(10)14/h1-4H,5-7H2. The van der Waals surface area contributed by atoms with Crippen molar-refractivity contribution in [1.29, 1.82) is 5.26 Å². The Morgan fingerprint density at radius 1 is 1.33 bits per heavy atom. The molecular weight excluding hydrogens is 188 g/mol. The molecule has 0 spiro atoms. The Bertz CT molecular complexity index is 563. The van der Waals surface area contributed by atoms with Crippen LogP contribution in [0.25, 0.3) is 10.9 Å². The van der Waals surface area contributed by atoms with Crippen molar-refractivity contribution in [3.05, 3.63) is 35.5 Å². The van der Waals surface area contributed by atoms with Gasteiger partial charge in [0, 0.05) is 5.39 Å². The third-order valence-electron chi connectivity index (χ3n) is 2.92. The third kappa shape index (κ3) is 1.09. The molecule has 0 amide bonds. The molecule has 0 atom stereocenters. The highest BCUT2D eigenvalue weighted by Gasteiger charge is 2.19. The summed E-state index contributed by atoms with van der Waals surface area (Å²) in [7, 11) is 0. The zero-order chi connectivity index (χ0) is 10.3. The molecule has 2 aromatic rings. The van der Waals surface area contributed by atoms with E-state index in [4.69, 9.17) is 10.00 Å². The monoisotopic (exact) mass is 198 g/mol. The second kappa shape index (κ2) is 3.11. The molecule has 0 saturated carbocycles. The highest BCUT2D eigenvalue weighted by Crippen LogP contribution is 2.28. The number of fused-ring (bicyclic) bond motifs is 3. The first-order valence-corrected chi connectivity index (χ1v) is 5.01. The summed E-state index contributed by atoms with van der Waals surface area (Å²) in [6.07, 6.45) is 3.12. The number of hydrogen-bond acceptors (Lipinski definition) is 2. The van der Waals surface area contributed by atoms with Gasteiger partial charge in [0.1, 0.15) is 0 Å². The molecule has 3 rings (SSSR count). The lowest BCUT2D eigenvalue weighted by Gasteiger charge is -2.12. The summed E-state index contributed by atoms with van der Waals surface area (Å²) in [6, 6.07) is 8.03. The fraction of sp³-hybridized carbons (Fsp3) is 0.250. The van der Waals surface area contributed by atoms with Crippen molar-refractivity contribution in [2.24, 2.45) is 0 Å². The summed E-state index contributed by atoms with van der Waals surface area (Å²) in [6.45, 7) is 1.31. The summed E-state index contributed by atoms with van der Waals surface area (Å²) in [5.74, 6) is 0. The number of para-hydroxylation sites is 1. The molecule has 0 unspecified atom stereocenters. The fourth-order valence-corrected chi connectivity index (χ4v) is 2.25. The van der Waals surface area contributed by atoms with E-state index >= 15 is 0 Å². The summed E-state index contributed by atoms with van der Waals surface area (Å²) >= 11 is 0. The molecule has 3 heteroatoms. The molecular formula is C12H10N2O. The summed E-state index contributed by atoms with van der Waals surface area (Å²) in [5.41, 5.74) is 3.29. The quantitative estimate of drug-likeness (QED) is 0.649. The van der Waals surface area contributed by atoms with E-state index in [1.807, 2.05) is 18.2 Å². The topological polar surface area (TPSA) is 38.0 Å². The first-order chi connectivity index (χ1) is 7.42. The Labute approximate surface area is 87.5 Å². The zero-order valence-corrected chi connectivity index (χ0v) is 8.23. The lowest BCUT2D eigenvalue weighted by atomic mass is 10.1. The molecule has 3 nitrogen and oxygen atoms in total. The van der Waals surface area contributed by atoms with E-state index in [1.54, 1.807) is 4.57 Å². The maximum atomic E-state index is 9.14. The number of benzene rings is 1. The molecule has 74 valence electrons. The molecule has 1 aliphatic rings. The molecule has 0 bridgehead atoms. The van der Waals surface area contributed by atoms with Crippen molar-refractivity contribution in [3.8, 4) is 6.19 Å². The largest absolute Gasteiger partial charge is 0.375 e. The number of nitriles is 1. The second-order valence-corrected chi connectivity index (χ2v) is 3.68. The Kier molecular flexibility index (Phi) is 1.77. The smallest absolute Gasteiger partial charge is 0.189 e. The van der Waals surface area contributed by atoms with Gasteiger partial charge in [-0.15, -0.1) is 0 Å². The van der Waals surface area contributed by atoms with Crippen LogP contribution in [0.3, 0.4) is 0 Å². The molecule has 0 radical (unpaired) electrons. The minimum absolute atomic E-state index is 0.553. The molecule has 1 aromatic heterocycles. The number of rotatable bonds is 0. The molecule has 1 aliphatic heterocycles. The highest BCUT2D eigenvalue weighted by atomic mass is 16.5. The molecule has 0 fully saturated rings. The van der Waals surface area contributed by atoms with Gasteiger partial charge in [0.15, 0.2) is 6.19 Å². The third-order valence-corrected chi connectivity index (χ3v) is 2.92. The van der Waals surface area contributed by atoms with Crippen LogP contribution in [0.1, 0.15) is 11.3 Å². The van der Waals surface area contributed by atoms with Crippen LogP contribution in [0, 0.1) is 11.5 Å². The maximum absolute atomic E-state index is 9.14. The minimum Gasteiger partial charge on any atom is -0.375 e. The van der Waals surface area contributed by atoms with Gasteiger partial charge in [-0.3, -0.25) is 0 Å². The fourth-order valence-electron chi connectivity index (χ4n) is 2.25. The normalized spacial score (nSPS) is 14.9. The van der Waals surface area contributed by atoms with E-state index in [0.29, 0.717) is 6.61 Å². The van der Waals surface area contributed by atoms with Crippen LogP contribution in [0.5, 0.6) is 0 Å². The van der Waals surface area contributed by atoms with Gasteiger partial charge in [-0.05, 0) is 18.1 Å². The Morgan fingerprint density at radius 2 is 2.20 bits per heavy atom. The van der Waals surface area contributed by atoms with Crippen LogP contribution in [0.4, 0.5) is 0 Å². The molecule has 1 aromatic carbocycles. The van der Waals surface area contributed by atoms with Crippen LogP contribution in [-0.4, -0.2) is 11.2 Å². The number of ether oxygens (including phenoxy) is 1. The van der Waals surface area contributed by atoms with Gasteiger partial charge in [-0.25, -0.2) is 4.57 Å². The summed E-state index contributed by atoms with van der Waals surface area (Å²) in [5, 5.41) is 10.3. The molecule has 2 heterocycles. The molecule has 0 aliphatic carbocycles. The van der Waals surface area contributed by atoms with Crippen LogP contribution < -0.4 is 0 Å². The van der Waals surface area contributed by atoms with Gasteiger partial charge >= 0.3 is 0 Å². The van der Waals surface area contributed by atoms with Crippen LogP contribution in [-0.2, 0) is 17.8 Å². The summed E-state index contributed by atoms with van der Waals surface area (Å²) in [4.78, 5) is 0. The predicted molar refractivity (Wildman–Crippen MR) is 56.3 cm³/mol. The molecule has 0 saturated heterocycles. The van der Waals surface area contributed by atoms with Gasteiger partial charge in [0.05, 0.1) is 24.4 Å². The van der Waals surface area contributed by atoms with Crippen molar-refractivity contribution >= 4 is 10.9 Å². The predicted octanol–water partition coefficient (Wildman–Crippen LogP) is 2.04. The van der Waals surface area contributed by atoms with Gasteiger partial charge in [0.2, 0.25) is 0 Å². The first kappa shape index (κ1) is 8.51. The van der Waals surface area contributed by atoms with E-state index in [-0.39, 0.29) is 0 Å². The SMILES string of the molecule is N#Cn1c2c(c3ccccc31)CCOC2. The van der Waals surface area contributed by atoms with Crippen LogP contribution in [0.2, 0.25) is 0 Å².